The van der Waals surface area contributed by atoms with E-state index in [4.69, 9.17) is 4.98 Å². The minimum Gasteiger partial charge on any atom is -0.480 e. The Bertz CT molecular complexity index is 1280. The maximum absolute atomic E-state index is 13.9. The standard InChI is InChI=1S/C33H40N4O3/c1-24-12-14-27(15-13-24)22-37(23-30(38)39)32(40)29-21-34-33(35-31(29)28-10-6-3-7-11-28)36-18-16-26(17-19-36)20-25-8-4-2-5-9-25/h2,4-5,8-9,12-15,21,26,28H,3,6-7,10-11,16-20,22-23H2,1H3,(H,38,39). The predicted molar refractivity (Wildman–Crippen MR) is 156 cm³/mol. The summed E-state index contributed by atoms with van der Waals surface area (Å²) >= 11 is 0. The van der Waals surface area contributed by atoms with Gasteiger partial charge in [0.25, 0.3) is 5.91 Å². The van der Waals surface area contributed by atoms with Crippen molar-refractivity contribution < 1.29 is 14.7 Å². The van der Waals surface area contributed by atoms with E-state index >= 15 is 0 Å². The fourth-order valence-corrected chi connectivity index (χ4v) is 6.12. The van der Waals surface area contributed by atoms with Crippen molar-refractivity contribution >= 4 is 17.8 Å². The molecule has 0 radical (unpaired) electrons. The van der Waals surface area contributed by atoms with Gasteiger partial charge in [-0.2, -0.15) is 0 Å². The number of benzene rings is 2. The Hall–Kier alpha value is -3.74. The van der Waals surface area contributed by atoms with Gasteiger partial charge in [0.15, 0.2) is 0 Å². The summed E-state index contributed by atoms with van der Waals surface area (Å²) in [5.41, 5.74) is 4.64. The number of rotatable bonds is 9. The van der Waals surface area contributed by atoms with E-state index in [-0.39, 0.29) is 24.9 Å². The Kier molecular flexibility index (Phi) is 9.09. The zero-order chi connectivity index (χ0) is 27.9. The number of carbonyl (C=O) groups is 2. The molecule has 7 heteroatoms. The van der Waals surface area contributed by atoms with E-state index in [1.54, 1.807) is 6.20 Å². The fourth-order valence-electron chi connectivity index (χ4n) is 6.12. The summed E-state index contributed by atoms with van der Waals surface area (Å²) in [6, 6.07) is 18.5. The lowest BCUT2D eigenvalue weighted by molar-refractivity contribution is -0.137. The summed E-state index contributed by atoms with van der Waals surface area (Å²) in [6.45, 7) is 3.66. The molecule has 1 saturated carbocycles. The number of carboxylic acids is 1. The van der Waals surface area contributed by atoms with E-state index in [0.29, 0.717) is 17.4 Å². The van der Waals surface area contributed by atoms with Crippen LogP contribution in [0.4, 0.5) is 5.95 Å². The summed E-state index contributed by atoms with van der Waals surface area (Å²) in [5, 5.41) is 9.62. The molecule has 2 fully saturated rings. The van der Waals surface area contributed by atoms with Gasteiger partial charge >= 0.3 is 5.97 Å². The first-order chi connectivity index (χ1) is 19.5. The molecule has 1 aliphatic heterocycles. The zero-order valence-corrected chi connectivity index (χ0v) is 23.5. The maximum atomic E-state index is 13.9. The van der Waals surface area contributed by atoms with Crippen molar-refractivity contribution in [2.45, 2.75) is 70.8 Å². The molecule has 0 atom stereocenters. The van der Waals surface area contributed by atoms with E-state index in [1.165, 1.54) is 16.9 Å². The third-order valence-corrected chi connectivity index (χ3v) is 8.40. The smallest absolute Gasteiger partial charge is 0.323 e. The van der Waals surface area contributed by atoms with Gasteiger partial charge in [0.1, 0.15) is 6.54 Å². The van der Waals surface area contributed by atoms with Crippen LogP contribution in [0.5, 0.6) is 0 Å². The summed E-state index contributed by atoms with van der Waals surface area (Å²) in [5.74, 6) is 0.186. The largest absolute Gasteiger partial charge is 0.480 e. The SMILES string of the molecule is Cc1ccc(CN(CC(=O)O)C(=O)c2cnc(N3CCC(Cc4ccccc4)CC3)nc2C2CCCCC2)cc1. The van der Waals surface area contributed by atoms with Crippen LogP contribution in [0.2, 0.25) is 0 Å². The van der Waals surface area contributed by atoms with Crippen LogP contribution in [0.3, 0.4) is 0 Å². The summed E-state index contributed by atoms with van der Waals surface area (Å²) in [4.78, 5) is 39.0. The number of aliphatic carboxylic acids is 1. The van der Waals surface area contributed by atoms with Crippen LogP contribution in [-0.2, 0) is 17.8 Å². The van der Waals surface area contributed by atoms with Gasteiger partial charge in [-0.1, -0.05) is 79.4 Å². The molecule has 210 valence electrons. The molecule has 1 aromatic heterocycles. The van der Waals surface area contributed by atoms with Crippen molar-refractivity contribution in [2.75, 3.05) is 24.5 Å². The van der Waals surface area contributed by atoms with E-state index < -0.39 is 5.97 Å². The van der Waals surface area contributed by atoms with E-state index in [1.807, 2.05) is 31.2 Å². The van der Waals surface area contributed by atoms with Gasteiger partial charge < -0.3 is 14.9 Å². The molecule has 0 spiro atoms. The molecule has 7 nitrogen and oxygen atoms in total. The first-order valence-electron chi connectivity index (χ1n) is 14.7. The highest BCUT2D eigenvalue weighted by molar-refractivity contribution is 5.96. The topological polar surface area (TPSA) is 86.6 Å². The van der Waals surface area contributed by atoms with Crippen LogP contribution in [0.15, 0.2) is 60.8 Å². The molecule has 0 bridgehead atoms. The van der Waals surface area contributed by atoms with Gasteiger partial charge in [0.2, 0.25) is 5.95 Å². The summed E-state index contributed by atoms with van der Waals surface area (Å²) in [6.07, 6.45) is 10.3. The fraction of sp³-hybridized carbons (Fsp3) is 0.455. The minimum absolute atomic E-state index is 0.191. The van der Waals surface area contributed by atoms with Crippen LogP contribution in [0.1, 0.15) is 83.6 Å². The number of aryl methyl sites for hydroxylation is 1. The van der Waals surface area contributed by atoms with E-state index in [9.17, 15) is 14.7 Å². The molecular weight excluding hydrogens is 500 g/mol. The third kappa shape index (κ3) is 7.06. The molecule has 5 rings (SSSR count). The second-order valence-electron chi connectivity index (χ2n) is 11.5. The number of hydrogen-bond donors (Lipinski definition) is 1. The van der Waals surface area contributed by atoms with Crippen molar-refractivity contribution in [1.29, 1.82) is 0 Å². The first-order valence-corrected chi connectivity index (χ1v) is 14.7. The first kappa shape index (κ1) is 27.8. The second kappa shape index (κ2) is 13.1. The van der Waals surface area contributed by atoms with Crippen molar-refractivity contribution in [1.82, 2.24) is 14.9 Å². The number of hydrogen-bond acceptors (Lipinski definition) is 5. The number of amides is 1. The maximum Gasteiger partial charge on any atom is 0.323 e. The average Bonchev–Trinajstić information content (AvgIpc) is 2.98. The Morgan fingerprint density at radius 1 is 0.925 bits per heavy atom. The number of carboxylic acid groups (broad SMARTS) is 1. The number of piperidine rings is 1. The van der Waals surface area contributed by atoms with Gasteiger partial charge in [0.05, 0.1) is 11.3 Å². The molecule has 1 amide bonds. The molecule has 3 aromatic rings. The molecule has 2 heterocycles. The van der Waals surface area contributed by atoms with Gasteiger partial charge in [-0.3, -0.25) is 9.59 Å². The molecule has 1 saturated heterocycles. The number of carbonyl (C=O) groups excluding carboxylic acids is 1. The third-order valence-electron chi connectivity index (χ3n) is 8.40. The average molecular weight is 541 g/mol. The van der Waals surface area contributed by atoms with Crippen molar-refractivity contribution in [3.05, 3.63) is 88.7 Å². The Balaban J connectivity index is 1.36. The second-order valence-corrected chi connectivity index (χ2v) is 11.5. The Labute approximate surface area is 237 Å². The molecule has 0 unspecified atom stereocenters. The van der Waals surface area contributed by atoms with Gasteiger partial charge in [-0.15, -0.1) is 0 Å². The van der Waals surface area contributed by atoms with Gasteiger partial charge in [-0.25, -0.2) is 9.97 Å². The monoisotopic (exact) mass is 540 g/mol. The lowest BCUT2D eigenvalue weighted by Gasteiger charge is -2.33. The van der Waals surface area contributed by atoms with Crippen LogP contribution < -0.4 is 4.90 Å². The lowest BCUT2D eigenvalue weighted by Crippen LogP contribution is -2.38. The molecule has 2 aliphatic rings. The number of nitrogens with zero attached hydrogens (tertiary/aromatic N) is 4. The zero-order valence-electron chi connectivity index (χ0n) is 23.5. The molecule has 1 aliphatic carbocycles. The highest BCUT2D eigenvalue weighted by atomic mass is 16.4. The quantitative estimate of drug-likeness (QED) is 0.357. The van der Waals surface area contributed by atoms with Crippen LogP contribution in [-0.4, -0.2) is 51.5 Å². The van der Waals surface area contributed by atoms with Crippen LogP contribution in [0.25, 0.3) is 0 Å². The Morgan fingerprint density at radius 2 is 1.62 bits per heavy atom. The minimum atomic E-state index is -1.03. The molecule has 1 N–H and O–H groups in total. The lowest BCUT2D eigenvalue weighted by atomic mass is 9.85. The highest BCUT2D eigenvalue weighted by Gasteiger charge is 2.29. The molecule has 2 aromatic carbocycles. The van der Waals surface area contributed by atoms with Gasteiger partial charge in [-0.05, 0) is 56.1 Å². The van der Waals surface area contributed by atoms with Crippen LogP contribution in [0, 0.1) is 12.8 Å². The van der Waals surface area contributed by atoms with E-state index in [2.05, 4.69) is 40.2 Å². The highest BCUT2D eigenvalue weighted by Crippen LogP contribution is 2.35. The van der Waals surface area contributed by atoms with Gasteiger partial charge in [0, 0.05) is 31.7 Å². The van der Waals surface area contributed by atoms with Crippen molar-refractivity contribution in [3.63, 3.8) is 0 Å². The van der Waals surface area contributed by atoms with E-state index in [0.717, 1.165) is 74.9 Å². The van der Waals surface area contributed by atoms with Crippen molar-refractivity contribution in [3.8, 4) is 0 Å². The predicted octanol–water partition coefficient (Wildman–Crippen LogP) is 6.02. The molecule has 40 heavy (non-hydrogen) atoms. The summed E-state index contributed by atoms with van der Waals surface area (Å²) < 4.78 is 0. The normalized spacial score (nSPS) is 16.6. The Morgan fingerprint density at radius 3 is 2.30 bits per heavy atom. The van der Waals surface area contributed by atoms with Crippen molar-refractivity contribution in [2.24, 2.45) is 5.92 Å². The number of anilines is 1. The number of aromatic nitrogens is 2. The van der Waals surface area contributed by atoms with Crippen LogP contribution >= 0.6 is 0 Å². The summed E-state index contributed by atoms with van der Waals surface area (Å²) in [7, 11) is 0. The molecular formula is C33H40N4O3.